The quantitative estimate of drug-likeness (QED) is 0.761. The molecule has 0 aromatic carbocycles. The van der Waals surface area contributed by atoms with Crippen LogP contribution in [0.3, 0.4) is 0 Å². The molecule has 1 heterocycles. The molecule has 3 atom stereocenters. The summed E-state index contributed by atoms with van der Waals surface area (Å²) in [6.07, 6.45) is 5.12. The summed E-state index contributed by atoms with van der Waals surface area (Å²) >= 11 is 2.16. The molecule has 3 unspecified atom stereocenters. The molecule has 102 valence electrons. The molecule has 0 bridgehead atoms. The maximum atomic E-state index is 5.79. The Hall–Kier alpha value is 0.270. The van der Waals surface area contributed by atoms with E-state index in [9.17, 15) is 0 Å². The molecule has 0 spiro atoms. The van der Waals surface area contributed by atoms with Crippen LogP contribution >= 0.6 is 11.8 Å². The van der Waals surface area contributed by atoms with Crippen LogP contribution in [-0.2, 0) is 0 Å². The Labute approximate surface area is 112 Å². The number of hydrogen-bond donors (Lipinski definition) is 1. The Bertz CT molecular complexity index is 197. The summed E-state index contributed by atoms with van der Waals surface area (Å²) < 4.78 is 0. The van der Waals surface area contributed by atoms with Gasteiger partial charge in [0.05, 0.1) is 0 Å². The summed E-state index contributed by atoms with van der Waals surface area (Å²) in [5.74, 6) is 2.15. The van der Waals surface area contributed by atoms with Gasteiger partial charge in [-0.15, -0.1) is 0 Å². The van der Waals surface area contributed by atoms with Gasteiger partial charge in [-0.3, -0.25) is 0 Å². The van der Waals surface area contributed by atoms with Gasteiger partial charge in [-0.05, 0) is 32.1 Å². The van der Waals surface area contributed by atoms with Crippen molar-refractivity contribution in [2.24, 2.45) is 11.7 Å². The molecule has 3 heteroatoms. The Balaban J connectivity index is 2.14. The van der Waals surface area contributed by atoms with E-state index < -0.39 is 0 Å². The lowest BCUT2D eigenvalue weighted by molar-refractivity contribution is 0.235. The summed E-state index contributed by atoms with van der Waals surface area (Å²) in [4.78, 5) is 2.67. The third-order valence-corrected chi connectivity index (χ3v) is 4.98. The van der Waals surface area contributed by atoms with Gasteiger partial charge in [0.15, 0.2) is 0 Å². The Morgan fingerprint density at radius 2 is 2.12 bits per heavy atom. The zero-order valence-corrected chi connectivity index (χ0v) is 12.6. The van der Waals surface area contributed by atoms with Gasteiger partial charge in [0.25, 0.3) is 0 Å². The molecule has 0 amide bonds. The highest BCUT2D eigenvalue weighted by molar-refractivity contribution is 8.00. The van der Waals surface area contributed by atoms with Crippen LogP contribution in [0.25, 0.3) is 0 Å². The minimum Gasteiger partial charge on any atom is -0.328 e. The van der Waals surface area contributed by atoms with Crippen LogP contribution in [0.5, 0.6) is 0 Å². The van der Waals surface area contributed by atoms with E-state index in [1.54, 1.807) is 0 Å². The van der Waals surface area contributed by atoms with Gasteiger partial charge in [0.1, 0.15) is 0 Å². The van der Waals surface area contributed by atoms with E-state index >= 15 is 0 Å². The fourth-order valence-electron chi connectivity index (χ4n) is 2.51. The van der Waals surface area contributed by atoms with E-state index in [1.807, 2.05) is 0 Å². The van der Waals surface area contributed by atoms with Gasteiger partial charge < -0.3 is 10.6 Å². The van der Waals surface area contributed by atoms with Crippen molar-refractivity contribution >= 4 is 11.8 Å². The molecule has 2 nitrogen and oxygen atoms in total. The molecule has 0 saturated carbocycles. The van der Waals surface area contributed by atoms with Crippen LogP contribution in [0.1, 0.15) is 46.5 Å². The zero-order chi connectivity index (χ0) is 12.7. The van der Waals surface area contributed by atoms with E-state index in [0.29, 0.717) is 6.04 Å². The van der Waals surface area contributed by atoms with Crippen molar-refractivity contribution in [1.82, 2.24) is 4.90 Å². The maximum absolute atomic E-state index is 5.79. The molecule has 0 radical (unpaired) electrons. The van der Waals surface area contributed by atoms with Crippen molar-refractivity contribution in [2.75, 3.05) is 25.4 Å². The van der Waals surface area contributed by atoms with Crippen LogP contribution in [0, 0.1) is 5.92 Å². The maximum Gasteiger partial charge on any atom is 0.0172 e. The van der Waals surface area contributed by atoms with Crippen LogP contribution in [0.15, 0.2) is 0 Å². The summed E-state index contributed by atoms with van der Waals surface area (Å²) in [7, 11) is 0. The predicted molar refractivity (Wildman–Crippen MR) is 79.6 cm³/mol. The summed E-state index contributed by atoms with van der Waals surface area (Å²) in [6.45, 7) is 10.7. The Morgan fingerprint density at radius 1 is 1.35 bits per heavy atom. The molecule has 1 aliphatic heterocycles. The average Bonchev–Trinajstić information content (AvgIpc) is 2.28. The van der Waals surface area contributed by atoms with E-state index in [0.717, 1.165) is 11.2 Å². The molecule has 1 fully saturated rings. The SMILES string of the molecule is CCC1CN(CC(C)CCCC(C)N)CCS1. The van der Waals surface area contributed by atoms with Gasteiger partial charge in [0, 0.05) is 36.7 Å². The fraction of sp³-hybridized carbons (Fsp3) is 1.00. The smallest absolute Gasteiger partial charge is 0.0172 e. The van der Waals surface area contributed by atoms with E-state index in [-0.39, 0.29) is 0 Å². The molecule has 0 aliphatic carbocycles. The molecule has 0 aromatic heterocycles. The normalized spacial score (nSPS) is 25.8. The van der Waals surface area contributed by atoms with Gasteiger partial charge in [-0.2, -0.15) is 11.8 Å². The minimum absolute atomic E-state index is 0.373. The Kier molecular flexibility index (Phi) is 7.56. The standard InChI is InChI=1S/C14H30N2S/c1-4-14-11-16(8-9-17-14)10-12(2)6-5-7-13(3)15/h12-14H,4-11,15H2,1-3H3. The zero-order valence-electron chi connectivity index (χ0n) is 11.8. The lowest BCUT2D eigenvalue weighted by Crippen LogP contribution is -2.40. The first-order valence-electron chi connectivity index (χ1n) is 7.21. The highest BCUT2D eigenvalue weighted by Gasteiger charge is 2.20. The highest BCUT2D eigenvalue weighted by atomic mass is 32.2. The van der Waals surface area contributed by atoms with E-state index in [4.69, 9.17) is 5.73 Å². The largest absolute Gasteiger partial charge is 0.328 e. The van der Waals surface area contributed by atoms with Crippen LogP contribution in [-0.4, -0.2) is 41.6 Å². The average molecular weight is 258 g/mol. The molecule has 0 aromatic rings. The van der Waals surface area contributed by atoms with Crippen molar-refractivity contribution in [3.8, 4) is 0 Å². The second-order valence-electron chi connectivity index (χ2n) is 5.67. The first kappa shape index (κ1) is 15.3. The molecule has 1 aliphatic rings. The first-order chi connectivity index (χ1) is 8.11. The molecular formula is C14H30N2S. The minimum atomic E-state index is 0.373. The van der Waals surface area contributed by atoms with Crippen molar-refractivity contribution in [2.45, 2.75) is 57.7 Å². The predicted octanol–water partition coefficient (Wildman–Crippen LogP) is 2.97. The van der Waals surface area contributed by atoms with Crippen molar-refractivity contribution in [3.05, 3.63) is 0 Å². The fourth-order valence-corrected chi connectivity index (χ4v) is 3.76. The van der Waals surface area contributed by atoms with Crippen molar-refractivity contribution < 1.29 is 0 Å². The van der Waals surface area contributed by atoms with Crippen molar-refractivity contribution in [1.29, 1.82) is 0 Å². The van der Waals surface area contributed by atoms with E-state index in [2.05, 4.69) is 37.4 Å². The summed E-state index contributed by atoms with van der Waals surface area (Å²) in [6, 6.07) is 0.373. The van der Waals surface area contributed by atoms with Gasteiger partial charge in [-0.1, -0.05) is 20.3 Å². The molecule has 17 heavy (non-hydrogen) atoms. The van der Waals surface area contributed by atoms with Gasteiger partial charge in [0.2, 0.25) is 0 Å². The lowest BCUT2D eigenvalue weighted by atomic mass is 10.0. The van der Waals surface area contributed by atoms with Crippen LogP contribution in [0.4, 0.5) is 0 Å². The lowest BCUT2D eigenvalue weighted by Gasteiger charge is -2.33. The highest BCUT2D eigenvalue weighted by Crippen LogP contribution is 2.22. The molecular weight excluding hydrogens is 228 g/mol. The third-order valence-electron chi connectivity index (χ3n) is 3.60. The van der Waals surface area contributed by atoms with Crippen LogP contribution < -0.4 is 5.73 Å². The summed E-state index contributed by atoms with van der Waals surface area (Å²) in [5.41, 5.74) is 5.79. The molecule has 1 rings (SSSR count). The van der Waals surface area contributed by atoms with Crippen molar-refractivity contribution in [3.63, 3.8) is 0 Å². The number of hydrogen-bond acceptors (Lipinski definition) is 3. The van der Waals surface area contributed by atoms with Gasteiger partial charge in [-0.25, -0.2) is 0 Å². The second-order valence-corrected chi connectivity index (χ2v) is 7.08. The van der Waals surface area contributed by atoms with Crippen LogP contribution in [0.2, 0.25) is 0 Å². The topological polar surface area (TPSA) is 29.3 Å². The van der Waals surface area contributed by atoms with Gasteiger partial charge >= 0.3 is 0 Å². The third kappa shape index (κ3) is 6.68. The number of thioether (sulfide) groups is 1. The number of nitrogens with zero attached hydrogens (tertiary/aromatic N) is 1. The Morgan fingerprint density at radius 3 is 2.76 bits per heavy atom. The van der Waals surface area contributed by atoms with E-state index in [1.165, 1.54) is 51.1 Å². The monoisotopic (exact) mass is 258 g/mol. The molecule has 2 N–H and O–H groups in total. The second kappa shape index (κ2) is 8.39. The number of nitrogens with two attached hydrogens (primary N) is 1. The number of rotatable bonds is 7. The molecule has 1 saturated heterocycles. The first-order valence-corrected chi connectivity index (χ1v) is 8.26. The summed E-state index contributed by atoms with van der Waals surface area (Å²) in [5, 5.41) is 0.875.